The number of amides is 2. The SMILES string of the molecule is CCOC(=O)N(C)c1ccc(NC(=O)c2cc(Cl)nc(Cl)c2)cc1. The van der Waals surface area contributed by atoms with Crippen LogP contribution in [0, 0.1) is 0 Å². The highest BCUT2D eigenvalue weighted by atomic mass is 35.5. The lowest BCUT2D eigenvalue weighted by atomic mass is 10.2. The van der Waals surface area contributed by atoms with Crippen molar-refractivity contribution < 1.29 is 14.3 Å². The molecular weight excluding hydrogens is 353 g/mol. The lowest BCUT2D eigenvalue weighted by molar-refractivity contribution is 0.102. The van der Waals surface area contributed by atoms with Crippen molar-refractivity contribution >= 4 is 46.6 Å². The van der Waals surface area contributed by atoms with Gasteiger partial charge in [-0.25, -0.2) is 9.78 Å². The van der Waals surface area contributed by atoms with Crippen LogP contribution in [0.15, 0.2) is 36.4 Å². The molecule has 0 fully saturated rings. The van der Waals surface area contributed by atoms with Crippen LogP contribution in [0.3, 0.4) is 0 Å². The highest BCUT2D eigenvalue weighted by molar-refractivity contribution is 6.33. The van der Waals surface area contributed by atoms with E-state index < -0.39 is 6.09 Å². The summed E-state index contributed by atoms with van der Waals surface area (Å²) in [6, 6.07) is 9.58. The Labute approximate surface area is 149 Å². The number of ether oxygens (including phenoxy) is 1. The number of nitrogens with one attached hydrogen (secondary N) is 1. The van der Waals surface area contributed by atoms with Crippen molar-refractivity contribution in [3.8, 4) is 0 Å². The average molecular weight is 368 g/mol. The largest absolute Gasteiger partial charge is 0.449 e. The molecule has 0 spiro atoms. The molecule has 0 unspecified atom stereocenters. The van der Waals surface area contributed by atoms with Crippen LogP contribution < -0.4 is 10.2 Å². The van der Waals surface area contributed by atoms with Crippen LogP contribution in [0.25, 0.3) is 0 Å². The zero-order chi connectivity index (χ0) is 17.7. The summed E-state index contributed by atoms with van der Waals surface area (Å²) < 4.78 is 4.92. The number of hydrogen-bond donors (Lipinski definition) is 1. The summed E-state index contributed by atoms with van der Waals surface area (Å²) in [5.74, 6) is -0.368. The van der Waals surface area contributed by atoms with E-state index in [0.29, 0.717) is 23.5 Å². The molecule has 2 rings (SSSR count). The lowest BCUT2D eigenvalue weighted by Crippen LogP contribution is -2.26. The van der Waals surface area contributed by atoms with E-state index in [4.69, 9.17) is 27.9 Å². The second-order valence-corrected chi connectivity index (χ2v) is 5.53. The highest BCUT2D eigenvalue weighted by Crippen LogP contribution is 2.20. The van der Waals surface area contributed by atoms with Gasteiger partial charge in [0.2, 0.25) is 0 Å². The van der Waals surface area contributed by atoms with Crippen molar-refractivity contribution in [2.45, 2.75) is 6.92 Å². The number of carbonyl (C=O) groups excluding carboxylic acids is 2. The molecular formula is C16H15Cl2N3O3. The molecule has 0 bridgehead atoms. The second kappa shape index (κ2) is 7.99. The fraction of sp³-hybridized carbons (Fsp3) is 0.188. The van der Waals surface area contributed by atoms with Crippen molar-refractivity contribution in [2.24, 2.45) is 0 Å². The molecule has 6 nitrogen and oxygen atoms in total. The predicted molar refractivity (Wildman–Crippen MR) is 94.1 cm³/mol. The van der Waals surface area contributed by atoms with Gasteiger partial charge in [0, 0.05) is 24.0 Å². The Kier molecular flexibility index (Phi) is 6.00. The summed E-state index contributed by atoms with van der Waals surface area (Å²) in [5.41, 5.74) is 1.50. The number of carbonyl (C=O) groups is 2. The molecule has 1 aromatic heterocycles. The van der Waals surface area contributed by atoms with Crippen LogP contribution in [-0.2, 0) is 4.74 Å². The Morgan fingerprint density at radius 1 is 1.17 bits per heavy atom. The van der Waals surface area contributed by atoms with Gasteiger partial charge >= 0.3 is 6.09 Å². The maximum Gasteiger partial charge on any atom is 0.413 e. The summed E-state index contributed by atoms with van der Waals surface area (Å²) in [6.45, 7) is 2.04. The fourth-order valence-corrected chi connectivity index (χ4v) is 2.35. The Morgan fingerprint density at radius 3 is 2.29 bits per heavy atom. The van der Waals surface area contributed by atoms with Gasteiger partial charge in [0.1, 0.15) is 10.3 Å². The van der Waals surface area contributed by atoms with Crippen molar-refractivity contribution in [1.29, 1.82) is 0 Å². The molecule has 1 N–H and O–H groups in total. The summed E-state index contributed by atoms with van der Waals surface area (Å²) in [7, 11) is 1.60. The summed E-state index contributed by atoms with van der Waals surface area (Å²) in [6.07, 6.45) is -0.449. The van der Waals surface area contributed by atoms with Crippen LogP contribution in [0.5, 0.6) is 0 Å². The van der Waals surface area contributed by atoms with E-state index >= 15 is 0 Å². The van der Waals surface area contributed by atoms with Crippen LogP contribution in [-0.4, -0.2) is 30.6 Å². The molecule has 0 radical (unpaired) electrons. The molecule has 2 amide bonds. The van der Waals surface area contributed by atoms with Crippen molar-refractivity contribution in [1.82, 2.24) is 4.98 Å². The van der Waals surface area contributed by atoms with Crippen molar-refractivity contribution in [3.63, 3.8) is 0 Å². The quantitative estimate of drug-likeness (QED) is 0.820. The smallest absolute Gasteiger partial charge is 0.413 e. The van der Waals surface area contributed by atoms with Gasteiger partial charge < -0.3 is 10.1 Å². The van der Waals surface area contributed by atoms with E-state index in [1.54, 1.807) is 38.2 Å². The van der Waals surface area contributed by atoms with Crippen molar-refractivity contribution in [3.05, 3.63) is 52.3 Å². The number of halogens is 2. The first-order valence-electron chi connectivity index (χ1n) is 7.05. The molecule has 0 saturated heterocycles. The van der Waals surface area contributed by atoms with E-state index in [9.17, 15) is 9.59 Å². The maximum absolute atomic E-state index is 12.2. The number of nitrogens with zero attached hydrogens (tertiary/aromatic N) is 2. The molecule has 0 aliphatic carbocycles. The van der Waals surface area contributed by atoms with Gasteiger partial charge in [-0.05, 0) is 43.3 Å². The minimum absolute atomic E-state index is 0.138. The number of benzene rings is 1. The molecule has 0 atom stereocenters. The Hall–Kier alpha value is -2.31. The number of anilines is 2. The molecule has 1 heterocycles. The van der Waals surface area contributed by atoms with Gasteiger partial charge in [-0.3, -0.25) is 9.69 Å². The summed E-state index contributed by atoms with van der Waals surface area (Å²) in [5, 5.41) is 2.99. The molecule has 1 aromatic carbocycles. The van der Waals surface area contributed by atoms with E-state index in [-0.39, 0.29) is 16.2 Å². The first-order chi connectivity index (χ1) is 11.4. The minimum atomic E-state index is -0.449. The first-order valence-corrected chi connectivity index (χ1v) is 7.81. The average Bonchev–Trinajstić information content (AvgIpc) is 2.54. The molecule has 126 valence electrons. The Balaban J connectivity index is 2.08. The standard InChI is InChI=1S/C16H15Cl2N3O3/c1-3-24-16(23)21(2)12-6-4-11(5-7-12)19-15(22)10-8-13(17)20-14(18)9-10/h4-9H,3H2,1-2H3,(H,19,22). The predicted octanol–water partition coefficient (Wildman–Crippen LogP) is 4.23. The third kappa shape index (κ3) is 4.59. The van der Waals surface area contributed by atoms with Gasteiger partial charge in [0.15, 0.2) is 0 Å². The van der Waals surface area contributed by atoms with Crippen molar-refractivity contribution in [2.75, 3.05) is 23.9 Å². The summed E-state index contributed by atoms with van der Waals surface area (Å²) >= 11 is 11.6. The van der Waals surface area contributed by atoms with E-state index in [1.165, 1.54) is 17.0 Å². The molecule has 0 aliphatic heterocycles. The minimum Gasteiger partial charge on any atom is -0.449 e. The van der Waals surface area contributed by atoms with Crippen LogP contribution in [0.4, 0.5) is 16.2 Å². The molecule has 2 aromatic rings. The van der Waals surface area contributed by atoms with Gasteiger partial charge in [-0.1, -0.05) is 23.2 Å². The monoisotopic (exact) mass is 367 g/mol. The number of aromatic nitrogens is 1. The van der Waals surface area contributed by atoms with E-state index in [1.807, 2.05) is 0 Å². The normalized spacial score (nSPS) is 10.2. The maximum atomic E-state index is 12.2. The molecule has 8 heteroatoms. The zero-order valence-corrected chi connectivity index (χ0v) is 14.6. The van der Waals surface area contributed by atoms with E-state index in [0.717, 1.165) is 0 Å². The number of rotatable bonds is 4. The zero-order valence-electron chi connectivity index (χ0n) is 13.0. The number of pyridine rings is 1. The van der Waals surface area contributed by atoms with Gasteiger partial charge in [-0.15, -0.1) is 0 Å². The second-order valence-electron chi connectivity index (χ2n) is 4.76. The number of hydrogen-bond acceptors (Lipinski definition) is 4. The molecule has 0 aliphatic rings. The summed E-state index contributed by atoms with van der Waals surface area (Å²) in [4.78, 5) is 29.0. The highest BCUT2D eigenvalue weighted by Gasteiger charge is 2.12. The fourth-order valence-electron chi connectivity index (χ4n) is 1.89. The van der Waals surface area contributed by atoms with Gasteiger partial charge in [-0.2, -0.15) is 0 Å². The Bertz CT molecular complexity index is 730. The molecule has 24 heavy (non-hydrogen) atoms. The van der Waals surface area contributed by atoms with Gasteiger partial charge in [0.25, 0.3) is 5.91 Å². The van der Waals surface area contributed by atoms with Crippen LogP contribution >= 0.6 is 23.2 Å². The van der Waals surface area contributed by atoms with Crippen LogP contribution in [0.1, 0.15) is 17.3 Å². The van der Waals surface area contributed by atoms with Crippen LogP contribution in [0.2, 0.25) is 10.3 Å². The lowest BCUT2D eigenvalue weighted by Gasteiger charge is -2.17. The molecule has 0 saturated carbocycles. The first kappa shape index (κ1) is 18.0. The third-order valence-corrected chi connectivity index (χ3v) is 3.47. The Morgan fingerprint density at radius 2 is 1.75 bits per heavy atom. The van der Waals surface area contributed by atoms with E-state index in [2.05, 4.69) is 10.3 Å². The third-order valence-electron chi connectivity index (χ3n) is 3.08. The topological polar surface area (TPSA) is 71.5 Å². The van der Waals surface area contributed by atoms with Gasteiger partial charge in [0.05, 0.1) is 6.61 Å².